The molecule has 1 unspecified atom stereocenters. The number of hydrogen-bond acceptors (Lipinski definition) is 3. The van der Waals surface area contributed by atoms with Crippen LogP contribution in [0.15, 0.2) is 210 Å². The monoisotopic (exact) mass is 725 g/mol. The van der Waals surface area contributed by atoms with Crippen LogP contribution in [-0.2, 0) is 5.41 Å². The van der Waals surface area contributed by atoms with E-state index in [0.29, 0.717) is 5.84 Å². The summed E-state index contributed by atoms with van der Waals surface area (Å²) in [7, 11) is 0. The average molecular weight is 726 g/mol. The van der Waals surface area contributed by atoms with E-state index in [-0.39, 0.29) is 6.17 Å². The quantitative estimate of drug-likeness (QED) is 0.176. The third kappa shape index (κ3) is 4.73. The molecule has 0 bridgehead atoms. The summed E-state index contributed by atoms with van der Waals surface area (Å²) in [5.41, 5.74) is 15.2. The Morgan fingerprint density at radius 2 is 0.912 bits per heavy atom. The first-order valence-corrected chi connectivity index (χ1v) is 19.7. The lowest BCUT2D eigenvalue weighted by atomic mass is 9.70. The van der Waals surface area contributed by atoms with Crippen LogP contribution in [-0.4, -0.2) is 11.7 Å². The van der Waals surface area contributed by atoms with E-state index in [1.54, 1.807) is 0 Å². The van der Waals surface area contributed by atoms with Gasteiger partial charge in [-0.25, -0.2) is 9.98 Å². The van der Waals surface area contributed by atoms with Crippen LogP contribution in [0.2, 0.25) is 0 Å². The normalized spacial score (nSPS) is 15.7. The Kier molecular flexibility index (Phi) is 6.91. The van der Waals surface area contributed by atoms with Gasteiger partial charge in [0.15, 0.2) is 5.84 Å². The lowest BCUT2D eigenvalue weighted by molar-refractivity contribution is 0.670. The Bertz CT molecular complexity index is 3020. The maximum absolute atomic E-state index is 5.38. The molecule has 3 heteroatoms. The highest BCUT2D eigenvalue weighted by Gasteiger charge is 2.50. The van der Waals surface area contributed by atoms with Gasteiger partial charge in [0.05, 0.1) is 5.41 Å². The minimum atomic E-state index is -0.448. The Labute approximate surface area is 331 Å². The van der Waals surface area contributed by atoms with Gasteiger partial charge in [-0.3, -0.25) is 0 Å². The molecule has 3 aliphatic rings. The molecule has 9 aromatic rings. The molecule has 3 nitrogen and oxygen atoms in total. The molecule has 9 aromatic carbocycles. The van der Waals surface area contributed by atoms with E-state index in [1.807, 2.05) is 6.07 Å². The molecule has 1 aliphatic heterocycles. The van der Waals surface area contributed by atoms with Gasteiger partial charge in [-0.05, 0) is 107 Å². The molecule has 266 valence electrons. The summed E-state index contributed by atoms with van der Waals surface area (Å²) in [5, 5.41) is 9.14. The van der Waals surface area contributed by atoms with Crippen LogP contribution in [0.1, 0.15) is 45.1 Å². The van der Waals surface area contributed by atoms with Crippen LogP contribution >= 0.6 is 0 Å². The Morgan fingerprint density at radius 1 is 0.386 bits per heavy atom. The Balaban J connectivity index is 1.05. The summed E-state index contributed by atoms with van der Waals surface area (Å²) in [5.74, 6) is 1.51. The van der Waals surface area contributed by atoms with Crippen molar-refractivity contribution in [2.45, 2.75) is 11.6 Å². The molecule has 0 saturated heterocycles. The van der Waals surface area contributed by atoms with E-state index in [0.717, 1.165) is 44.8 Å². The van der Waals surface area contributed by atoms with E-state index < -0.39 is 5.41 Å². The lowest BCUT2D eigenvalue weighted by Gasteiger charge is -2.31. The van der Waals surface area contributed by atoms with Gasteiger partial charge < -0.3 is 5.32 Å². The maximum atomic E-state index is 5.38. The first kappa shape index (κ1) is 31.9. The fraction of sp³-hybridized carbons (Fsp3) is 0.0370. The van der Waals surface area contributed by atoms with Crippen LogP contribution in [0.5, 0.6) is 0 Å². The van der Waals surface area contributed by atoms with Crippen molar-refractivity contribution in [3.8, 4) is 33.4 Å². The number of amidine groups is 2. The highest BCUT2D eigenvalue weighted by Crippen LogP contribution is 2.62. The second kappa shape index (κ2) is 12.3. The van der Waals surface area contributed by atoms with Gasteiger partial charge >= 0.3 is 0 Å². The molecule has 0 amide bonds. The third-order valence-electron chi connectivity index (χ3n) is 12.3. The van der Waals surface area contributed by atoms with E-state index in [2.05, 4.69) is 199 Å². The predicted molar refractivity (Wildman–Crippen MR) is 235 cm³/mol. The fourth-order valence-electron chi connectivity index (χ4n) is 9.82. The van der Waals surface area contributed by atoms with Crippen molar-refractivity contribution in [2.24, 2.45) is 9.98 Å². The first-order valence-electron chi connectivity index (χ1n) is 19.7. The highest BCUT2D eigenvalue weighted by molar-refractivity contribution is 6.17. The van der Waals surface area contributed by atoms with Gasteiger partial charge in [-0.1, -0.05) is 176 Å². The molecule has 1 spiro atoms. The second-order valence-electron chi connectivity index (χ2n) is 15.3. The van der Waals surface area contributed by atoms with Crippen molar-refractivity contribution in [1.29, 1.82) is 0 Å². The number of nitrogens with zero attached hydrogens (tertiary/aromatic N) is 2. The Hall–Kier alpha value is -7.36. The predicted octanol–water partition coefficient (Wildman–Crippen LogP) is 12.5. The molecule has 0 radical (unpaired) electrons. The van der Waals surface area contributed by atoms with Crippen molar-refractivity contribution in [1.82, 2.24) is 5.32 Å². The minimum Gasteiger partial charge on any atom is -0.344 e. The van der Waals surface area contributed by atoms with Crippen LogP contribution in [0.4, 0.5) is 0 Å². The van der Waals surface area contributed by atoms with E-state index in [4.69, 9.17) is 9.98 Å². The molecule has 1 atom stereocenters. The number of hydrogen-bond donors (Lipinski definition) is 1. The number of fused-ring (bicyclic) bond motifs is 7. The zero-order chi connectivity index (χ0) is 37.5. The van der Waals surface area contributed by atoms with Gasteiger partial charge in [-0.15, -0.1) is 0 Å². The largest absolute Gasteiger partial charge is 0.344 e. The van der Waals surface area contributed by atoms with Crippen molar-refractivity contribution in [2.75, 3.05) is 0 Å². The van der Waals surface area contributed by atoms with Gasteiger partial charge in [-0.2, -0.15) is 0 Å². The fourth-order valence-corrected chi connectivity index (χ4v) is 9.82. The molecule has 2 aliphatic carbocycles. The summed E-state index contributed by atoms with van der Waals surface area (Å²) in [6.45, 7) is 0. The van der Waals surface area contributed by atoms with Crippen molar-refractivity contribution >= 4 is 33.2 Å². The van der Waals surface area contributed by atoms with Crippen LogP contribution in [0.3, 0.4) is 0 Å². The molecule has 1 N–H and O–H groups in total. The number of nitrogens with one attached hydrogen (secondary N) is 1. The van der Waals surface area contributed by atoms with Crippen molar-refractivity contribution < 1.29 is 0 Å². The zero-order valence-electron chi connectivity index (χ0n) is 31.0. The van der Waals surface area contributed by atoms with E-state index in [9.17, 15) is 0 Å². The maximum Gasteiger partial charge on any atom is 0.159 e. The van der Waals surface area contributed by atoms with E-state index >= 15 is 0 Å². The van der Waals surface area contributed by atoms with Crippen LogP contribution in [0, 0.1) is 0 Å². The molecule has 0 aromatic heterocycles. The SMILES string of the molecule is c1ccc(C2=NC(c3ccc4c(c3)C3(c5ccccc5-4)c4cccc5ccc6cccc3c6c45)NC(c3cc(-c4ccccc4)cc(-c4ccccc4)c3)=N2)cc1. The van der Waals surface area contributed by atoms with Gasteiger partial charge in [0.25, 0.3) is 0 Å². The van der Waals surface area contributed by atoms with Crippen molar-refractivity contribution in [3.05, 3.63) is 239 Å². The van der Waals surface area contributed by atoms with Crippen molar-refractivity contribution in [3.63, 3.8) is 0 Å². The topological polar surface area (TPSA) is 36.8 Å². The van der Waals surface area contributed by atoms with E-state index in [1.165, 1.54) is 54.9 Å². The molecular formula is C54H35N3. The van der Waals surface area contributed by atoms with Gasteiger partial charge in [0.1, 0.15) is 12.0 Å². The number of rotatable bonds is 5. The first-order chi connectivity index (χ1) is 28.2. The Morgan fingerprint density at radius 3 is 1.54 bits per heavy atom. The second-order valence-corrected chi connectivity index (χ2v) is 15.3. The molecule has 1 heterocycles. The molecule has 57 heavy (non-hydrogen) atoms. The lowest BCUT2D eigenvalue weighted by Crippen LogP contribution is -2.34. The summed E-state index contributed by atoms with van der Waals surface area (Å²) < 4.78 is 0. The summed E-state index contributed by atoms with van der Waals surface area (Å²) >= 11 is 0. The summed E-state index contributed by atoms with van der Waals surface area (Å²) in [4.78, 5) is 10.7. The van der Waals surface area contributed by atoms with Crippen LogP contribution in [0.25, 0.3) is 54.9 Å². The molecule has 12 rings (SSSR count). The summed E-state index contributed by atoms with van der Waals surface area (Å²) in [6, 6.07) is 72.7. The molecule has 0 saturated carbocycles. The van der Waals surface area contributed by atoms with Crippen LogP contribution < -0.4 is 5.32 Å². The average Bonchev–Trinajstić information content (AvgIpc) is 3.77. The molecular weight excluding hydrogens is 691 g/mol. The standard InChI is InChI=1S/C54H35N3/c1-4-14-34(15-5-1)40-30-41(35-16-6-2-7-17-35)32-42(31-40)53-56-51(38-18-8-3-9-19-38)55-52(57-53)39-28-29-44-43-22-10-11-23-45(43)54(48(44)33-39)46-24-12-20-36-26-27-37-21-13-25-47(54)50(37)49(36)46/h1-33,52H,(H,55,56,57). The third-order valence-corrected chi connectivity index (χ3v) is 12.3. The highest BCUT2D eigenvalue weighted by atomic mass is 15.2. The number of benzene rings is 9. The number of aliphatic imine (C=N–C) groups is 2. The van der Waals surface area contributed by atoms with Gasteiger partial charge in [0.2, 0.25) is 0 Å². The zero-order valence-corrected chi connectivity index (χ0v) is 31.0. The van der Waals surface area contributed by atoms with Gasteiger partial charge in [0, 0.05) is 11.1 Å². The molecule has 0 fully saturated rings. The summed E-state index contributed by atoms with van der Waals surface area (Å²) in [6.07, 6.45) is -0.380. The minimum absolute atomic E-state index is 0.380. The smallest absolute Gasteiger partial charge is 0.159 e.